The van der Waals surface area contributed by atoms with E-state index < -0.39 is 29.5 Å². The lowest BCUT2D eigenvalue weighted by atomic mass is 9.94. The molecule has 0 saturated carbocycles. The summed E-state index contributed by atoms with van der Waals surface area (Å²) in [5, 5.41) is 11.8. The van der Waals surface area contributed by atoms with Gasteiger partial charge in [-0.2, -0.15) is 0 Å². The number of methoxy groups -OCH3 is 2. The van der Waals surface area contributed by atoms with E-state index in [1.165, 1.54) is 35.5 Å². The second-order valence-electron chi connectivity index (χ2n) is 8.78. The number of aliphatic hydroxyl groups excluding tert-OH is 1. The third kappa shape index (κ3) is 4.68. The minimum atomic E-state index is -0.929. The maximum absolute atomic E-state index is 14.0. The van der Waals surface area contributed by atoms with E-state index in [0.29, 0.717) is 38.1 Å². The number of thiazole rings is 1. The van der Waals surface area contributed by atoms with Crippen LogP contribution < -0.4 is 9.64 Å². The normalized spacial score (nSPS) is 15.0. The second kappa shape index (κ2) is 10.5. The predicted octanol–water partition coefficient (Wildman–Crippen LogP) is 5.70. The molecule has 2 heterocycles. The van der Waals surface area contributed by atoms with Crippen molar-refractivity contribution in [3.63, 3.8) is 0 Å². The highest BCUT2D eigenvalue weighted by Crippen LogP contribution is 2.43. The predicted molar refractivity (Wildman–Crippen MR) is 147 cm³/mol. The average Bonchev–Trinajstić information content (AvgIpc) is 3.49. The van der Waals surface area contributed by atoms with Crippen molar-refractivity contribution in [2.45, 2.75) is 13.0 Å². The number of carbonyl (C=O) groups is 3. The van der Waals surface area contributed by atoms with Crippen molar-refractivity contribution in [1.29, 1.82) is 0 Å². The van der Waals surface area contributed by atoms with Crippen molar-refractivity contribution in [2.75, 3.05) is 19.1 Å². The molecule has 5 rings (SSSR count). The summed E-state index contributed by atoms with van der Waals surface area (Å²) in [4.78, 5) is 45.7. The van der Waals surface area contributed by atoms with Crippen LogP contribution in [0.4, 0.5) is 5.69 Å². The van der Waals surface area contributed by atoms with E-state index in [1.807, 2.05) is 30.3 Å². The molecular weight excluding hydrogens is 516 g/mol. The number of esters is 1. The van der Waals surface area contributed by atoms with E-state index in [0.717, 1.165) is 5.56 Å². The molecule has 1 aliphatic heterocycles. The van der Waals surface area contributed by atoms with Crippen LogP contribution in [0.15, 0.2) is 90.2 Å². The summed E-state index contributed by atoms with van der Waals surface area (Å²) >= 11 is 1.21. The van der Waals surface area contributed by atoms with Crippen LogP contribution in [-0.4, -0.2) is 42.0 Å². The summed E-state index contributed by atoms with van der Waals surface area (Å²) in [5.74, 6) is -1.76. The summed E-state index contributed by atoms with van der Waals surface area (Å²) in [6, 6.07) is 21.7. The lowest BCUT2D eigenvalue weighted by molar-refractivity contribution is -0.117. The van der Waals surface area contributed by atoms with E-state index in [1.54, 1.807) is 50.4 Å². The molecule has 196 valence electrons. The SMILES string of the molecule is COC(=O)c1ccc(N2C(=O)C(O)=C(C(=O)c3sc(-c4ccccc4)nc3C)C2c2ccc(OC)cc2)cc1. The van der Waals surface area contributed by atoms with Crippen LogP contribution in [0, 0.1) is 6.92 Å². The van der Waals surface area contributed by atoms with Crippen molar-refractivity contribution in [1.82, 2.24) is 4.98 Å². The second-order valence-corrected chi connectivity index (χ2v) is 9.78. The van der Waals surface area contributed by atoms with Crippen molar-refractivity contribution in [3.05, 3.63) is 112 Å². The minimum absolute atomic E-state index is 0.0476. The van der Waals surface area contributed by atoms with Gasteiger partial charge in [-0.15, -0.1) is 11.3 Å². The molecule has 1 aromatic heterocycles. The van der Waals surface area contributed by atoms with Crippen LogP contribution in [-0.2, 0) is 9.53 Å². The number of anilines is 1. The fourth-order valence-corrected chi connectivity index (χ4v) is 5.54. The fourth-order valence-electron chi connectivity index (χ4n) is 4.51. The lowest BCUT2D eigenvalue weighted by Gasteiger charge is -2.27. The molecular formula is C30H24N2O6S. The van der Waals surface area contributed by atoms with Gasteiger partial charge >= 0.3 is 5.97 Å². The summed E-state index contributed by atoms with van der Waals surface area (Å²) < 4.78 is 10.0. The van der Waals surface area contributed by atoms with Gasteiger partial charge in [0.2, 0.25) is 5.78 Å². The fraction of sp³-hybridized carbons (Fsp3) is 0.133. The van der Waals surface area contributed by atoms with Crippen LogP contribution >= 0.6 is 11.3 Å². The van der Waals surface area contributed by atoms with E-state index in [4.69, 9.17) is 9.47 Å². The van der Waals surface area contributed by atoms with E-state index in [-0.39, 0.29) is 5.57 Å². The molecule has 4 aromatic rings. The number of aryl methyl sites for hydroxylation is 1. The third-order valence-electron chi connectivity index (χ3n) is 6.47. The largest absolute Gasteiger partial charge is 0.503 e. The zero-order valence-electron chi connectivity index (χ0n) is 21.4. The number of rotatable bonds is 7. The van der Waals surface area contributed by atoms with Crippen molar-refractivity contribution >= 4 is 34.7 Å². The van der Waals surface area contributed by atoms with Gasteiger partial charge in [-0.25, -0.2) is 9.78 Å². The Morgan fingerprint density at radius 3 is 2.23 bits per heavy atom. The molecule has 1 aliphatic rings. The molecule has 3 aromatic carbocycles. The Morgan fingerprint density at radius 1 is 0.949 bits per heavy atom. The first-order valence-electron chi connectivity index (χ1n) is 12.0. The number of ketones is 1. The number of benzene rings is 3. The Balaban J connectivity index is 1.60. The van der Waals surface area contributed by atoms with E-state index in [9.17, 15) is 19.5 Å². The summed E-state index contributed by atoms with van der Waals surface area (Å²) in [5.41, 5.74) is 2.62. The Kier molecular flexibility index (Phi) is 7.00. The van der Waals surface area contributed by atoms with Gasteiger partial charge in [0.25, 0.3) is 5.91 Å². The maximum atomic E-state index is 14.0. The number of ether oxygens (including phenoxy) is 2. The number of hydrogen-bond donors (Lipinski definition) is 1. The van der Waals surface area contributed by atoms with Crippen LogP contribution in [0.2, 0.25) is 0 Å². The third-order valence-corrected chi connectivity index (χ3v) is 7.68. The first kappa shape index (κ1) is 25.9. The van der Waals surface area contributed by atoms with Gasteiger partial charge in [-0.3, -0.25) is 14.5 Å². The molecule has 0 saturated heterocycles. The van der Waals surface area contributed by atoms with Gasteiger partial charge in [-0.05, 0) is 48.9 Å². The molecule has 8 nitrogen and oxygen atoms in total. The van der Waals surface area contributed by atoms with Gasteiger partial charge in [0.15, 0.2) is 5.76 Å². The monoisotopic (exact) mass is 540 g/mol. The smallest absolute Gasteiger partial charge is 0.337 e. The zero-order valence-corrected chi connectivity index (χ0v) is 22.2. The maximum Gasteiger partial charge on any atom is 0.337 e. The van der Waals surface area contributed by atoms with Gasteiger partial charge < -0.3 is 14.6 Å². The zero-order chi connectivity index (χ0) is 27.7. The van der Waals surface area contributed by atoms with Crippen molar-refractivity contribution in [3.8, 4) is 16.3 Å². The molecule has 0 aliphatic carbocycles. The Labute approximate surface area is 228 Å². The number of Topliss-reactive ketones (excluding diaryl/α,β-unsaturated/α-hetero) is 1. The molecule has 0 fully saturated rings. The highest BCUT2D eigenvalue weighted by atomic mass is 32.1. The number of hydrogen-bond acceptors (Lipinski definition) is 8. The first-order chi connectivity index (χ1) is 18.8. The molecule has 9 heteroatoms. The first-order valence-corrected chi connectivity index (χ1v) is 12.8. The summed E-state index contributed by atoms with van der Waals surface area (Å²) in [6.45, 7) is 1.73. The molecule has 1 N–H and O–H groups in total. The molecule has 1 atom stereocenters. The van der Waals surface area contributed by atoms with Gasteiger partial charge in [0.05, 0.1) is 42.0 Å². The highest BCUT2D eigenvalue weighted by Gasteiger charge is 2.45. The van der Waals surface area contributed by atoms with Crippen LogP contribution in [0.25, 0.3) is 10.6 Å². The minimum Gasteiger partial charge on any atom is -0.503 e. The van der Waals surface area contributed by atoms with Crippen molar-refractivity contribution in [2.24, 2.45) is 0 Å². The number of aromatic nitrogens is 1. The molecule has 1 unspecified atom stereocenters. The Bertz CT molecular complexity index is 1590. The standard InChI is InChI=1S/C30H24N2O6S/c1-17-27(39-28(31-17)19-7-5-4-6-8-19)25(33)23-24(18-11-15-22(37-2)16-12-18)32(29(35)26(23)34)21-13-9-20(10-14-21)30(36)38-3/h4-16,24,34H,1-3H3. The molecule has 0 spiro atoms. The average molecular weight is 541 g/mol. The lowest BCUT2D eigenvalue weighted by Crippen LogP contribution is -2.31. The van der Waals surface area contributed by atoms with Crippen LogP contribution in [0.1, 0.15) is 37.3 Å². The van der Waals surface area contributed by atoms with Gasteiger partial charge in [-0.1, -0.05) is 42.5 Å². The Morgan fingerprint density at radius 2 is 1.62 bits per heavy atom. The quantitative estimate of drug-likeness (QED) is 0.237. The topological polar surface area (TPSA) is 106 Å². The number of aliphatic hydroxyl groups is 1. The number of nitrogens with zero attached hydrogens (tertiary/aromatic N) is 2. The summed E-state index contributed by atoms with van der Waals surface area (Å²) in [6.07, 6.45) is 0. The van der Waals surface area contributed by atoms with Gasteiger partial charge in [0, 0.05) is 11.3 Å². The van der Waals surface area contributed by atoms with Crippen LogP contribution in [0.5, 0.6) is 5.75 Å². The number of amides is 1. The molecule has 1 amide bonds. The molecule has 0 bridgehead atoms. The summed E-state index contributed by atoms with van der Waals surface area (Å²) in [7, 11) is 2.82. The van der Waals surface area contributed by atoms with Crippen LogP contribution in [0.3, 0.4) is 0 Å². The molecule has 39 heavy (non-hydrogen) atoms. The Hall–Kier alpha value is -4.76. The number of carbonyl (C=O) groups excluding carboxylic acids is 3. The molecule has 0 radical (unpaired) electrons. The van der Waals surface area contributed by atoms with E-state index in [2.05, 4.69) is 4.98 Å². The van der Waals surface area contributed by atoms with Crippen molar-refractivity contribution < 1.29 is 29.0 Å². The van der Waals surface area contributed by atoms with E-state index >= 15 is 0 Å². The van der Waals surface area contributed by atoms with Gasteiger partial charge in [0.1, 0.15) is 10.8 Å². The highest BCUT2D eigenvalue weighted by molar-refractivity contribution is 7.17.